The van der Waals surface area contributed by atoms with Gasteiger partial charge in [-0.25, -0.2) is 0 Å². The molecule has 0 bridgehead atoms. The van der Waals surface area contributed by atoms with E-state index in [1.165, 1.54) is 38.5 Å². The zero-order valence-corrected chi connectivity index (χ0v) is 17.4. The van der Waals surface area contributed by atoms with Gasteiger partial charge in [0, 0.05) is 11.6 Å². The fraction of sp³-hybridized carbons (Fsp3) is 0.105. The van der Waals surface area contributed by atoms with Crippen LogP contribution in [-0.4, -0.2) is 40.3 Å². The summed E-state index contributed by atoms with van der Waals surface area (Å²) in [5, 5.41) is 12.0. The van der Waals surface area contributed by atoms with Crippen LogP contribution in [0.2, 0.25) is 0 Å². The predicted molar refractivity (Wildman–Crippen MR) is 115 cm³/mol. The number of hydrogen-bond acceptors (Lipinski definition) is 8. The average Bonchev–Trinajstić information content (AvgIpc) is 3.00. The number of nitro benzene ring substituents is 1. The molecule has 1 heterocycles. The Balaban J connectivity index is 1.87. The minimum atomic E-state index is -0.821. The second-order valence-electron chi connectivity index (χ2n) is 5.82. The van der Waals surface area contributed by atoms with Crippen molar-refractivity contribution in [3.05, 3.63) is 68.6 Å². The van der Waals surface area contributed by atoms with Crippen molar-refractivity contribution in [1.29, 1.82) is 0 Å². The van der Waals surface area contributed by atoms with Crippen molar-refractivity contribution in [3.63, 3.8) is 0 Å². The van der Waals surface area contributed by atoms with Crippen molar-refractivity contribution in [2.75, 3.05) is 14.2 Å². The number of rotatable bonds is 6. The van der Waals surface area contributed by atoms with Crippen LogP contribution in [0, 0.1) is 10.1 Å². The van der Waals surface area contributed by atoms with Gasteiger partial charge in [0.1, 0.15) is 5.56 Å². The second kappa shape index (κ2) is 8.93. The van der Waals surface area contributed by atoms with Crippen molar-refractivity contribution in [3.8, 4) is 11.5 Å². The number of carbonyl (C=O) groups excluding carboxylic acids is 2. The molecule has 0 saturated carbocycles. The van der Waals surface area contributed by atoms with E-state index in [0.717, 1.165) is 16.8 Å². The molecular weight excluding hydrogens is 430 g/mol. The zero-order valence-electron chi connectivity index (χ0n) is 15.8. The van der Waals surface area contributed by atoms with Crippen LogP contribution >= 0.6 is 24.0 Å². The highest BCUT2D eigenvalue weighted by Crippen LogP contribution is 2.36. The summed E-state index contributed by atoms with van der Waals surface area (Å²) in [5.74, 6) is -0.457. The molecule has 154 valence electrons. The van der Waals surface area contributed by atoms with Crippen LogP contribution in [0.15, 0.2) is 47.4 Å². The highest BCUT2D eigenvalue weighted by atomic mass is 32.2. The summed E-state index contributed by atoms with van der Waals surface area (Å²) >= 11 is 6.18. The number of amides is 2. The highest BCUT2D eigenvalue weighted by Gasteiger charge is 2.35. The minimum absolute atomic E-state index is 0.0834. The summed E-state index contributed by atoms with van der Waals surface area (Å²) in [7, 11) is 2.98. The molecule has 0 radical (unpaired) electrons. The van der Waals surface area contributed by atoms with E-state index in [2.05, 4.69) is 5.43 Å². The van der Waals surface area contributed by atoms with Gasteiger partial charge in [-0.15, -0.1) is 0 Å². The van der Waals surface area contributed by atoms with Gasteiger partial charge in [-0.2, -0.15) is 5.01 Å². The Morgan fingerprint density at radius 3 is 2.60 bits per heavy atom. The van der Waals surface area contributed by atoms with E-state index in [1.807, 2.05) is 0 Å². The maximum atomic E-state index is 12.8. The molecule has 0 atom stereocenters. The SMILES string of the molecule is COc1cccc(/C=C2/SC(=S)N(NC(=O)c3ccccc3[N+](=O)[O-])C2=O)c1OC. The third-order valence-electron chi connectivity index (χ3n) is 4.07. The molecule has 0 aliphatic carbocycles. The number of nitro groups is 1. The zero-order chi connectivity index (χ0) is 21.8. The summed E-state index contributed by atoms with van der Waals surface area (Å²) < 4.78 is 10.7. The van der Waals surface area contributed by atoms with E-state index in [4.69, 9.17) is 21.7 Å². The Morgan fingerprint density at radius 2 is 1.93 bits per heavy atom. The van der Waals surface area contributed by atoms with Crippen molar-refractivity contribution in [1.82, 2.24) is 10.4 Å². The maximum absolute atomic E-state index is 12.8. The summed E-state index contributed by atoms with van der Waals surface area (Å²) in [6, 6.07) is 10.6. The Morgan fingerprint density at radius 1 is 1.20 bits per heavy atom. The highest BCUT2D eigenvalue weighted by molar-refractivity contribution is 8.26. The summed E-state index contributed by atoms with van der Waals surface area (Å²) in [6.45, 7) is 0. The molecule has 0 spiro atoms. The number of carbonyl (C=O) groups is 2. The molecule has 1 aliphatic heterocycles. The molecule has 11 heteroatoms. The Kier molecular flexibility index (Phi) is 6.33. The quantitative estimate of drug-likeness (QED) is 0.312. The number of thioether (sulfide) groups is 1. The lowest BCUT2D eigenvalue weighted by molar-refractivity contribution is -0.385. The predicted octanol–water partition coefficient (Wildman–Crippen LogP) is 3.16. The third kappa shape index (κ3) is 4.11. The van der Waals surface area contributed by atoms with E-state index in [0.29, 0.717) is 17.1 Å². The van der Waals surface area contributed by atoms with Gasteiger partial charge < -0.3 is 9.47 Å². The van der Waals surface area contributed by atoms with Crippen molar-refractivity contribution >= 4 is 51.9 Å². The van der Waals surface area contributed by atoms with Crippen molar-refractivity contribution in [2.45, 2.75) is 0 Å². The van der Waals surface area contributed by atoms with Gasteiger partial charge >= 0.3 is 0 Å². The summed E-state index contributed by atoms with van der Waals surface area (Å²) in [6.07, 6.45) is 1.57. The van der Waals surface area contributed by atoms with E-state index in [-0.39, 0.29) is 20.5 Å². The lowest BCUT2D eigenvalue weighted by Gasteiger charge is -2.15. The second-order valence-corrected chi connectivity index (χ2v) is 7.49. The standard InChI is InChI=1S/C19H15N3O6S2/c1-27-14-9-5-6-11(16(14)28-2)10-15-18(24)21(19(29)30-15)20-17(23)12-7-3-4-8-13(12)22(25)26/h3-10H,1-2H3,(H,20,23)/b15-10+. The Labute approximate surface area is 180 Å². The van der Waals surface area contributed by atoms with Crippen LogP contribution in [0.4, 0.5) is 5.69 Å². The molecule has 2 aromatic rings. The first-order chi connectivity index (χ1) is 14.4. The number of thiocarbonyl (C=S) groups is 1. The number of benzene rings is 2. The molecule has 2 aromatic carbocycles. The minimum Gasteiger partial charge on any atom is -0.493 e. The van der Waals surface area contributed by atoms with Gasteiger partial charge in [0.2, 0.25) is 0 Å². The Bertz CT molecular complexity index is 1090. The van der Waals surface area contributed by atoms with Crippen LogP contribution in [0.1, 0.15) is 15.9 Å². The van der Waals surface area contributed by atoms with Crippen molar-refractivity contribution in [2.24, 2.45) is 0 Å². The number of nitrogens with zero attached hydrogens (tertiary/aromatic N) is 2. The number of nitrogens with one attached hydrogen (secondary N) is 1. The molecule has 3 rings (SSSR count). The van der Waals surface area contributed by atoms with E-state index < -0.39 is 16.7 Å². The Hall–Kier alpha value is -3.44. The van der Waals surface area contributed by atoms with Gasteiger partial charge in [-0.3, -0.25) is 25.1 Å². The first kappa shape index (κ1) is 21.3. The molecule has 2 amide bonds. The van der Waals surface area contributed by atoms with E-state index >= 15 is 0 Å². The smallest absolute Gasteiger partial charge is 0.285 e. The van der Waals surface area contributed by atoms with Crippen LogP contribution in [0.3, 0.4) is 0 Å². The molecule has 30 heavy (non-hydrogen) atoms. The van der Waals surface area contributed by atoms with Crippen LogP contribution in [0.25, 0.3) is 6.08 Å². The lowest BCUT2D eigenvalue weighted by Crippen LogP contribution is -2.45. The molecule has 1 aliphatic rings. The van der Waals surface area contributed by atoms with Gasteiger partial charge in [-0.05, 0) is 30.4 Å². The monoisotopic (exact) mass is 445 g/mol. The number of hydrazine groups is 1. The molecule has 0 aromatic heterocycles. The van der Waals surface area contributed by atoms with Crippen molar-refractivity contribution < 1.29 is 24.0 Å². The topological polar surface area (TPSA) is 111 Å². The number of methoxy groups -OCH3 is 2. The molecule has 1 fully saturated rings. The number of para-hydroxylation sites is 2. The van der Waals surface area contributed by atoms with Crippen LogP contribution in [-0.2, 0) is 4.79 Å². The normalized spacial score (nSPS) is 14.7. The van der Waals surface area contributed by atoms with Gasteiger partial charge in [-0.1, -0.05) is 36.0 Å². The van der Waals surface area contributed by atoms with Gasteiger partial charge in [0.25, 0.3) is 17.5 Å². The third-order valence-corrected chi connectivity index (χ3v) is 5.37. The lowest BCUT2D eigenvalue weighted by atomic mass is 10.1. The first-order valence-corrected chi connectivity index (χ1v) is 9.63. The van der Waals surface area contributed by atoms with Crippen LogP contribution < -0.4 is 14.9 Å². The van der Waals surface area contributed by atoms with Gasteiger partial charge in [0.05, 0.1) is 24.0 Å². The largest absolute Gasteiger partial charge is 0.493 e. The van der Waals surface area contributed by atoms with Gasteiger partial charge in [0.15, 0.2) is 15.8 Å². The molecule has 9 nitrogen and oxygen atoms in total. The summed E-state index contributed by atoms with van der Waals surface area (Å²) in [5.41, 5.74) is 2.36. The summed E-state index contributed by atoms with van der Waals surface area (Å²) in [4.78, 5) is 36.0. The fourth-order valence-corrected chi connectivity index (χ4v) is 3.89. The number of hydrogen-bond donors (Lipinski definition) is 1. The average molecular weight is 445 g/mol. The van der Waals surface area contributed by atoms with E-state index in [1.54, 1.807) is 24.3 Å². The van der Waals surface area contributed by atoms with Crippen LogP contribution in [0.5, 0.6) is 11.5 Å². The number of ether oxygens (including phenoxy) is 2. The molecule has 1 N–H and O–H groups in total. The molecule has 1 saturated heterocycles. The fourth-order valence-electron chi connectivity index (χ4n) is 2.72. The van der Waals surface area contributed by atoms with E-state index in [9.17, 15) is 19.7 Å². The first-order valence-electron chi connectivity index (χ1n) is 8.40. The maximum Gasteiger partial charge on any atom is 0.285 e. The molecular formula is C19H15N3O6S2. The molecule has 0 unspecified atom stereocenters.